The Labute approximate surface area is 181 Å². The van der Waals surface area contributed by atoms with E-state index in [-0.39, 0.29) is 5.91 Å². The fraction of sp³-hybridized carbons (Fsp3) is 0.444. The zero-order chi connectivity index (χ0) is 23.2. The number of carbonyl (C=O) groups excluding carboxylic acids is 2. The number of benzene rings is 1. The highest BCUT2D eigenvalue weighted by molar-refractivity contribution is 7.54. The van der Waals surface area contributed by atoms with Gasteiger partial charge in [-0.15, -0.1) is 11.3 Å². The topological polar surface area (TPSA) is 109 Å². The molecule has 0 spiro atoms. The molecule has 172 valence electrons. The smallest absolute Gasteiger partial charge is 0.432 e. The van der Waals surface area contributed by atoms with Gasteiger partial charge in [-0.3, -0.25) is 18.4 Å². The van der Waals surface area contributed by atoms with Crippen LogP contribution < -0.4 is 5.32 Å². The SMILES string of the molecule is CNC(=O)c1cc2cc(C(F)(F)P(=O)(OCOC)OCOC(=O)OC(C)C)ccc2s1. The van der Waals surface area contributed by atoms with Gasteiger partial charge in [0.2, 0.25) is 6.79 Å². The molecule has 1 aromatic carbocycles. The van der Waals surface area contributed by atoms with Gasteiger partial charge in [0.15, 0.2) is 6.79 Å². The van der Waals surface area contributed by atoms with Crippen LogP contribution in [0.2, 0.25) is 0 Å². The highest BCUT2D eigenvalue weighted by Gasteiger charge is 2.55. The minimum absolute atomic E-state index is 0.324. The summed E-state index contributed by atoms with van der Waals surface area (Å²) >= 11 is 1.11. The number of carbonyl (C=O) groups is 2. The third-order valence-electron chi connectivity index (χ3n) is 3.73. The van der Waals surface area contributed by atoms with Crippen molar-refractivity contribution in [3.8, 4) is 0 Å². The van der Waals surface area contributed by atoms with Crippen molar-refractivity contribution in [3.63, 3.8) is 0 Å². The van der Waals surface area contributed by atoms with Crippen LogP contribution in [0.4, 0.5) is 13.6 Å². The summed E-state index contributed by atoms with van der Waals surface area (Å²) in [5, 5.41) is 2.80. The summed E-state index contributed by atoms with van der Waals surface area (Å²) in [7, 11) is -2.61. The molecule has 1 amide bonds. The van der Waals surface area contributed by atoms with Gasteiger partial charge >= 0.3 is 19.4 Å². The molecule has 1 N–H and O–H groups in total. The minimum Gasteiger partial charge on any atom is -0.432 e. The number of halogens is 2. The number of alkyl halides is 2. The van der Waals surface area contributed by atoms with Crippen molar-refractivity contribution in [1.29, 1.82) is 0 Å². The molecule has 0 radical (unpaired) electrons. The van der Waals surface area contributed by atoms with E-state index in [1.165, 1.54) is 19.2 Å². The summed E-state index contributed by atoms with van der Waals surface area (Å²) < 4.78 is 67.1. The van der Waals surface area contributed by atoms with Crippen molar-refractivity contribution in [3.05, 3.63) is 34.7 Å². The van der Waals surface area contributed by atoms with Crippen LogP contribution in [0, 0.1) is 0 Å². The van der Waals surface area contributed by atoms with Gasteiger partial charge < -0.3 is 19.5 Å². The van der Waals surface area contributed by atoms with Crippen LogP contribution >= 0.6 is 18.9 Å². The first-order valence-corrected chi connectivity index (χ1v) is 11.3. The lowest BCUT2D eigenvalue weighted by atomic mass is 10.1. The third kappa shape index (κ3) is 5.98. The van der Waals surface area contributed by atoms with Crippen LogP contribution in [0.3, 0.4) is 0 Å². The van der Waals surface area contributed by atoms with Gasteiger partial charge in [0.05, 0.1) is 11.0 Å². The summed E-state index contributed by atoms with van der Waals surface area (Å²) in [5.41, 5.74) is -4.80. The van der Waals surface area contributed by atoms with E-state index in [1.54, 1.807) is 13.8 Å². The largest absolute Gasteiger partial charge is 0.510 e. The Kier molecular flexibility index (Phi) is 8.49. The lowest BCUT2D eigenvalue weighted by Gasteiger charge is -2.26. The molecular formula is C18H22F2NO8PS. The van der Waals surface area contributed by atoms with Crippen molar-refractivity contribution < 1.29 is 46.2 Å². The third-order valence-corrected chi connectivity index (χ3v) is 6.68. The maximum atomic E-state index is 15.2. The van der Waals surface area contributed by atoms with Crippen LogP contribution in [0.5, 0.6) is 0 Å². The van der Waals surface area contributed by atoms with Crippen molar-refractivity contribution in [2.45, 2.75) is 25.6 Å². The molecule has 1 aromatic heterocycles. The second-order valence-corrected chi connectivity index (χ2v) is 9.48. The molecule has 13 heteroatoms. The number of nitrogens with one attached hydrogen (secondary N) is 1. The van der Waals surface area contributed by atoms with E-state index in [0.29, 0.717) is 15.0 Å². The molecule has 0 bridgehead atoms. The molecule has 2 aromatic rings. The Morgan fingerprint density at radius 3 is 2.48 bits per heavy atom. The zero-order valence-electron chi connectivity index (χ0n) is 17.2. The average molecular weight is 481 g/mol. The van der Waals surface area contributed by atoms with Crippen LogP contribution in [-0.2, 0) is 33.5 Å². The molecule has 1 heterocycles. The van der Waals surface area contributed by atoms with Gasteiger partial charge in [-0.2, -0.15) is 8.78 Å². The fourth-order valence-electron chi connectivity index (χ4n) is 2.32. The van der Waals surface area contributed by atoms with Gasteiger partial charge in [0.25, 0.3) is 5.91 Å². The first-order valence-electron chi connectivity index (χ1n) is 8.89. The average Bonchev–Trinajstić information content (AvgIpc) is 3.14. The summed E-state index contributed by atoms with van der Waals surface area (Å²) in [4.78, 5) is 23.5. The Hall–Kier alpha value is -2.11. The lowest BCUT2D eigenvalue weighted by Crippen LogP contribution is -2.21. The molecule has 1 unspecified atom stereocenters. The normalized spacial score (nSPS) is 13.8. The van der Waals surface area contributed by atoms with E-state index in [1.807, 2.05) is 0 Å². The van der Waals surface area contributed by atoms with E-state index < -0.39 is 44.7 Å². The molecule has 0 saturated heterocycles. The van der Waals surface area contributed by atoms with Gasteiger partial charge in [-0.25, -0.2) is 4.79 Å². The van der Waals surface area contributed by atoms with Gasteiger partial charge in [-0.05, 0) is 37.4 Å². The van der Waals surface area contributed by atoms with E-state index in [2.05, 4.69) is 19.5 Å². The maximum absolute atomic E-state index is 15.2. The molecule has 0 fully saturated rings. The number of thiophene rings is 1. The fourth-order valence-corrected chi connectivity index (χ4v) is 4.59. The highest BCUT2D eigenvalue weighted by atomic mass is 32.1. The number of methoxy groups -OCH3 is 1. The Balaban J connectivity index is 2.30. The number of hydrogen-bond acceptors (Lipinski definition) is 9. The van der Waals surface area contributed by atoms with Crippen LogP contribution in [-0.4, -0.2) is 45.9 Å². The molecule has 0 aliphatic rings. The minimum atomic E-state index is -5.21. The summed E-state index contributed by atoms with van der Waals surface area (Å²) in [6.45, 7) is 1.26. The first kappa shape index (κ1) is 25.2. The predicted octanol–water partition coefficient (Wildman–Crippen LogP) is 4.66. The quantitative estimate of drug-likeness (QED) is 0.297. The molecule has 2 rings (SSSR count). The number of hydrogen-bond donors (Lipinski definition) is 1. The molecule has 9 nitrogen and oxygen atoms in total. The maximum Gasteiger partial charge on any atom is 0.510 e. The van der Waals surface area contributed by atoms with E-state index in [0.717, 1.165) is 30.6 Å². The van der Waals surface area contributed by atoms with Crippen molar-refractivity contribution in [1.82, 2.24) is 5.32 Å². The molecule has 31 heavy (non-hydrogen) atoms. The van der Waals surface area contributed by atoms with E-state index in [9.17, 15) is 14.2 Å². The van der Waals surface area contributed by atoms with Gasteiger partial charge in [0.1, 0.15) is 0 Å². The number of fused-ring (bicyclic) bond motifs is 1. The van der Waals surface area contributed by atoms with Gasteiger partial charge in [-0.1, -0.05) is 6.07 Å². The second kappa shape index (κ2) is 10.5. The molecule has 1 atom stereocenters. The monoisotopic (exact) mass is 481 g/mol. The van der Waals surface area contributed by atoms with Crippen LogP contribution in [0.15, 0.2) is 24.3 Å². The van der Waals surface area contributed by atoms with Crippen LogP contribution in [0.1, 0.15) is 29.1 Å². The Bertz CT molecular complexity index is 981. The second-order valence-electron chi connectivity index (χ2n) is 6.32. The van der Waals surface area contributed by atoms with Gasteiger partial charge in [0, 0.05) is 24.4 Å². The predicted molar refractivity (Wildman–Crippen MR) is 108 cm³/mol. The molecule has 0 aliphatic heterocycles. The highest BCUT2D eigenvalue weighted by Crippen LogP contribution is 2.67. The molecule has 0 saturated carbocycles. The zero-order valence-corrected chi connectivity index (χ0v) is 18.9. The standard InChI is InChI=1S/C18H22F2NO8PS/c1-11(2)29-17(23)26-10-28-30(24,27-9-25-4)18(19,20)13-5-6-14-12(7-13)8-15(31-14)16(22)21-3/h5-8,11H,9-10H2,1-4H3,(H,21,22). The molecular weight excluding hydrogens is 459 g/mol. The number of amides is 1. The van der Waals surface area contributed by atoms with E-state index >= 15 is 8.78 Å². The Morgan fingerprint density at radius 2 is 1.87 bits per heavy atom. The summed E-state index contributed by atoms with van der Waals surface area (Å²) in [5.74, 6) is -0.364. The van der Waals surface area contributed by atoms with Crippen LogP contribution in [0.25, 0.3) is 10.1 Å². The number of ether oxygens (including phenoxy) is 3. The van der Waals surface area contributed by atoms with Crippen molar-refractivity contribution >= 4 is 41.1 Å². The summed E-state index contributed by atoms with van der Waals surface area (Å²) in [6.07, 6.45) is -1.69. The molecule has 0 aliphatic carbocycles. The Morgan fingerprint density at radius 1 is 1.19 bits per heavy atom. The van der Waals surface area contributed by atoms with Crippen molar-refractivity contribution in [2.24, 2.45) is 0 Å². The van der Waals surface area contributed by atoms with Crippen molar-refractivity contribution in [2.75, 3.05) is 27.7 Å². The number of rotatable bonds is 10. The first-order chi connectivity index (χ1) is 14.5. The summed E-state index contributed by atoms with van der Waals surface area (Å²) in [6, 6.07) is 4.93. The van der Waals surface area contributed by atoms with E-state index in [4.69, 9.17) is 9.05 Å². The lowest BCUT2D eigenvalue weighted by molar-refractivity contribution is -0.0470.